The Morgan fingerprint density at radius 2 is 2.17 bits per heavy atom. The number of nitrogens with zero attached hydrogens (tertiary/aromatic N) is 2. The van der Waals surface area contributed by atoms with Gasteiger partial charge in [0.1, 0.15) is 0 Å². The van der Waals surface area contributed by atoms with E-state index in [1.807, 2.05) is 25.4 Å². The van der Waals surface area contributed by atoms with E-state index >= 15 is 0 Å². The normalized spacial score (nSPS) is 11.0. The number of benzene rings is 1. The summed E-state index contributed by atoms with van der Waals surface area (Å²) in [6.07, 6.45) is 8.77. The lowest BCUT2D eigenvalue weighted by Gasteiger charge is -2.04. The lowest BCUT2D eigenvalue weighted by molar-refractivity contribution is -0.121. The molecule has 3 rings (SSSR count). The van der Waals surface area contributed by atoms with Crippen LogP contribution in [0.15, 0.2) is 43.0 Å². The summed E-state index contributed by atoms with van der Waals surface area (Å²) in [5.41, 5.74) is 3.48. The molecule has 3 aromatic rings. The van der Waals surface area contributed by atoms with E-state index in [1.165, 1.54) is 16.5 Å². The molecule has 5 nitrogen and oxygen atoms in total. The number of amides is 1. The molecular formula is C18H22N4O. The molecule has 0 spiro atoms. The smallest absolute Gasteiger partial charge is 0.220 e. The summed E-state index contributed by atoms with van der Waals surface area (Å²) in [6, 6.07) is 8.31. The number of rotatable bonds is 7. The zero-order valence-electron chi connectivity index (χ0n) is 13.4. The molecule has 0 saturated heterocycles. The maximum atomic E-state index is 12.0. The second-order valence-corrected chi connectivity index (χ2v) is 5.80. The van der Waals surface area contributed by atoms with Crippen LogP contribution in [0.2, 0.25) is 0 Å². The molecule has 2 N–H and O–H groups in total. The SMILES string of the molecule is Cn1cc(CCC(=O)NCCCc2c[nH]cn2)c2ccccc21. The van der Waals surface area contributed by atoms with Crippen molar-refractivity contribution in [3.05, 3.63) is 54.2 Å². The van der Waals surface area contributed by atoms with Crippen molar-refractivity contribution in [1.82, 2.24) is 19.9 Å². The van der Waals surface area contributed by atoms with Crippen molar-refractivity contribution < 1.29 is 4.79 Å². The van der Waals surface area contributed by atoms with Crippen LogP contribution in [0, 0.1) is 0 Å². The Labute approximate surface area is 135 Å². The number of nitrogens with one attached hydrogen (secondary N) is 2. The molecule has 5 heteroatoms. The molecule has 0 unspecified atom stereocenters. The third-order valence-corrected chi connectivity index (χ3v) is 4.09. The zero-order chi connectivity index (χ0) is 16.1. The fraction of sp³-hybridized carbons (Fsp3) is 0.333. The highest BCUT2D eigenvalue weighted by atomic mass is 16.1. The van der Waals surface area contributed by atoms with Gasteiger partial charge in [-0.2, -0.15) is 0 Å². The number of hydrogen-bond acceptors (Lipinski definition) is 2. The molecule has 0 atom stereocenters. The number of aromatic amines is 1. The Morgan fingerprint density at radius 3 is 3.00 bits per heavy atom. The first kappa shape index (κ1) is 15.3. The van der Waals surface area contributed by atoms with Gasteiger partial charge >= 0.3 is 0 Å². The summed E-state index contributed by atoms with van der Waals surface area (Å²) in [7, 11) is 2.04. The number of imidazole rings is 1. The van der Waals surface area contributed by atoms with E-state index in [0.29, 0.717) is 13.0 Å². The number of H-pyrrole nitrogens is 1. The minimum absolute atomic E-state index is 0.111. The summed E-state index contributed by atoms with van der Waals surface area (Å²) in [5, 5.41) is 4.22. The summed E-state index contributed by atoms with van der Waals surface area (Å²) in [5.74, 6) is 0.111. The fourth-order valence-corrected chi connectivity index (χ4v) is 2.89. The molecule has 1 amide bonds. The topological polar surface area (TPSA) is 62.7 Å². The Morgan fingerprint density at radius 1 is 1.30 bits per heavy atom. The van der Waals surface area contributed by atoms with Gasteiger partial charge in [0, 0.05) is 43.3 Å². The number of fused-ring (bicyclic) bond motifs is 1. The molecule has 23 heavy (non-hydrogen) atoms. The van der Waals surface area contributed by atoms with E-state index in [4.69, 9.17) is 0 Å². The van der Waals surface area contributed by atoms with E-state index < -0.39 is 0 Å². The predicted molar refractivity (Wildman–Crippen MR) is 91.2 cm³/mol. The fourth-order valence-electron chi connectivity index (χ4n) is 2.89. The number of para-hydroxylation sites is 1. The van der Waals surface area contributed by atoms with Gasteiger partial charge in [-0.1, -0.05) is 18.2 Å². The largest absolute Gasteiger partial charge is 0.356 e. The van der Waals surface area contributed by atoms with Crippen molar-refractivity contribution in [2.45, 2.75) is 25.7 Å². The van der Waals surface area contributed by atoms with Crippen molar-refractivity contribution in [3.8, 4) is 0 Å². The Balaban J connectivity index is 1.45. The second kappa shape index (κ2) is 7.13. The van der Waals surface area contributed by atoms with Gasteiger partial charge in [-0.15, -0.1) is 0 Å². The average Bonchev–Trinajstić information content (AvgIpc) is 3.18. The van der Waals surface area contributed by atoms with Gasteiger partial charge in [0.05, 0.1) is 12.0 Å². The summed E-state index contributed by atoms with van der Waals surface area (Å²) >= 11 is 0. The van der Waals surface area contributed by atoms with Crippen LogP contribution in [0.1, 0.15) is 24.1 Å². The van der Waals surface area contributed by atoms with Crippen LogP contribution >= 0.6 is 0 Å². The summed E-state index contributed by atoms with van der Waals surface area (Å²) < 4.78 is 2.12. The van der Waals surface area contributed by atoms with Crippen LogP contribution in [0.3, 0.4) is 0 Å². The van der Waals surface area contributed by atoms with Crippen LogP contribution in [-0.4, -0.2) is 27.0 Å². The monoisotopic (exact) mass is 310 g/mol. The lowest BCUT2D eigenvalue weighted by atomic mass is 10.1. The number of aromatic nitrogens is 3. The second-order valence-electron chi connectivity index (χ2n) is 5.80. The van der Waals surface area contributed by atoms with Crippen LogP contribution < -0.4 is 5.32 Å². The molecular weight excluding hydrogens is 288 g/mol. The van der Waals surface area contributed by atoms with Crippen molar-refractivity contribution in [1.29, 1.82) is 0 Å². The van der Waals surface area contributed by atoms with Crippen LogP contribution in [0.25, 0.3) is 10.9 Å². The minimum atomic E-state index is 0.111. The quantitative estimate of drug-likeness (QED) is 0.659. The molecule has 0 fully saturated rings. The number of hydrogen-bond donors (Lipinski definition) is 2. The van der Waals surface area contributed by atoms with Crippen molar-refractivity contribution in [2.24, 2.45) is 7.05 Å². The molecule has 0 aliphatic heterocycles. The van der Waals surface area contributed by atoms with E-state index in [-0.39, 0.29) is 5.91 Å². The lowest BCUT2D eigenvalue weighted by Crippen LogP contribution is -2.25. The summed E-state index contributed by atoms with van der Waals surface area (Å²) in [4.78, 5) is 19.1. The third kappa shape index (κ3) is 3.80. The van der Waals surface area contributed by atoms with E-state index in [1.54, 1.807) is 6.33 Å². The molecule has 0 aliphatic rings. The molecule has 0 saturated carbocycles. The van der Waals surface area contributed by atoms with Crippen LogP contribution in [0.4, 0.5) is 0 Å². The molecule has 2 heterocycles. The Bertz CT molecular complexity index is 774. The van der Waals surface area contributed by atoms with Crippen molar-refractivity contribution in [3.63, 3.8) is 0 Å². The number of aryl methyl sites for hydroxylation is 3. The molecule has 0 aliphatic carbocycles. The Kier molecular flexibility index (Phi) is 4.76. The number of carbonyl (C=O) groups is 1. The van der Waals surface area contributed by atoms with Gasteiger partial charge < -0.3 is 14.9 Å². The van der Waals surface area contributed by atoms with Gasteiger partial charge in [0.25, 0.3) is 0 Å². The first-order valence-corrected chi connectivity index (χ1v) is 8.01. The van der Waals surface area contributed by atoms with E-state index in [0.717, 1.165) is 25.0 Å². The van der Waals surface area contributed by atoms with Gasteiger partial charge in [-0.05, 0) is 30.9 Å². The molecule has 2 aromatic heterocycles. The van der Waals surface area contributed by atoms with Crippen LogP contribution in [-0.2, 0) is 24.7 Å². The predicted octanol–water partition coefficient (Wildman–Crippen LogP) is 2.58. The maximum Gasteiger partial charge on any atom is 0.220 e. The molecule has 1 aromatic carbocycles. The maximum absolute atomic E-state index is 12.0. The Hall–Kier alpha value is -2.56. The number of carbonyl (C=O) groups excluding carboxylic acids is 1. The van der Waals surface area contributed by atoms with E-state index in [9.17, 15) is 4.79 Å². The molecule has 0 bridgehead atoms. The summed E-state index contributed by atoms with van der Waals surface area (Å²) in [6.45, 7) is 0.696. The van der Waals surface area contributed by atoms with Gasteiger partial charge in [-0.25, -0.2) is 4.98 Å². The first-order valence-electron chi connectivity index (χ1n) is 8.01. The minimum Gasteiger partial charge on any atom is -0.356 e. The van der Waals surface area contributed by atoms with Crippen molar-refractivity contribution >= 4 is 16.8 Å². The van der Waals surface area contributed by atoms with Crippen molar-refractivity contribution in [2.75, 3.05) is 6.54 Å². The van der Waals surface area contributed by atoms with E-state index in [2.05, 4.69) is 38.2 Å². The average molecular weight is 310 g/mol. The van der Waals surface area contributed by atoms with Gasteiger partial charge in [0.2, 0.25) is 5.91 Å². The standard InChI is InChI=1S/C18H22N4O/c1-22-12-14(16-6-2-3-7-17(16)22)8-9-18(23)20-10-4-5-15-11-19-13-21-15/h2-3,6-7,11-13H,4-5,8-10H2,1H3,(H,19,21)(H,20,23). The van der Waals surface area contributed by atoms with Crippen LogP contribution in [0.5, 0.6) is 0 Å². The van der Waals surface area contributed by atoms with Gasteiger partial charge in [0.15, 0.2) is 0 Å². The third-order valence-electron chi connectivity index (χ3n) is 4.09. The first-order chi connectivity index (χ1) is 11.2. The zero-order valence-corrected chi connectivity index (χ0v) is 13.4. The highest BCUT2D eigenvalue weighted by Gasteiger charge is 2.08. The highest BCUT2D eigenvalue weighted by Crippen LogP contribution is 2.21. The molecule has 120 valence electrons. The highest BCUT2D eigenvalue weighted by molar-refractivity contribution is 5.84. The van der Waals surface area contributed by atoms with Gasteiger partial charge in [-0.3, -0.25) is 4.79 Å². The molecule has 0 radical (unpaired) electrons.